The first-order valence-electron chi connectivity index (χ1n) is 7.44. The number of hydrogen-bond acceptors (Lipinski definition) is 3. The molecule has 1 aliphatic heterocycles. The summed E-state index contributed by atoms with van der Waals surface area (Å²) in [5, 5.41) is 1.16. The molecular weight excluding hydrogens is 271 g/mol. The van der Waals surface area contributed by atoms with Crippen LogP contribution in [0.4, 0.5) is 10.1 Å². The van der Waals surface area contributed by atoms with E-state index in [4.69, 9.17) is 5.73 Å². The Kier molecular flexibility index (Phi) is 5.33. The molecule has 0 spiro atoms. The molecule has 2 nitrogen and oxygen atoms in total. The highest BCUT2D eigenvalue weighted by Gasteiger charge is 2.25. The molecule has 0 aromatic heterocycles. The van der Waals surface area contributed by atoms with Gasteiger partial charge in [-0.2, -0.15) is 11.8 Å². The van der Waals surface area contributed by atoms with Crippen molar-refractivity contribution in [2.45, 2.75) is 50.2 Å². The van der Waals surface area contributed by atoms with E-state index in [0.717, 1.165) is 30.8 Å². The normalized spacial score (nSPS) is 24.8. The van der Waals surface area contributed by atoms with E-state index in [2.05, 4.69) is 18.7 Å². The second-order valence-electron chi connectivity index (χ2n) is 5.77. The van der Waals surface area contributed by atoms with Gasteiger partial charge < -0.3 is 10.6 Å². The summed E-state index contributed by atoms with van der Waals surface area (Å²) in [6.07, 6.45) is 1.49. The Morgan fingerprint density at radius 2 is 2.00 bits per heavy atom. The standard InChI is InChI=1S/C16H25FN2S/c1-4-13(18)8-14-15(17)6-5-7-16(14)19-9-11(2)20-12(3)10-19/h5-7,11-13H,4,8-10,18H2,1-3H3. The van der Waals surface area contributed by atoms with Gasteiger partial charge in [-0.25, -0.2) is 4.39 Å². The average molecular weight is 296 g/mol. The summed E-state index contributed by atoms with van der Waals surface area (Å²) in [6.45, 7) is 8.49. The van der Waals surface area contributed by atoms with Crippen LogP contribution in [0.1, 0.15) is 32.8 Å². The Hall–Kier alpha value is -0.740. The number of thioether (sulfide) groups is 1. The molecule has 112 valence electrons. The van der Waals surface area contributed by atoms with Crippen LogP contribution in [-0.2, 0) is 6.42 Å². The second-order valence-corrected chi connectivity index (χ2v) is 7.65. The molecule has 1 aromatic rings. The van der Waals surface area contributed by atoms with Gasteiger partial charge in [-0.05, 0) is 25.0 Å². The van der Waals surface area contributed by atoms with Crippen molar-refractivity contribution >= 4 is 17.4 Å². The molecule has 1 fully saturated rings. The SMILES string of the molecule is CCC(N)Cc1c(F)cccc1N1CC(C)SC(C)C1. The van der Waals surface area contributed by atoms with Crippen molar-refractivity contribution in [3.8, 4) is 0 Å². The minimum absolute atomic E-state index is 0.0275. The molecule has 1 aromatic carbocycles. The third-order valence-corrected chi connectivity index (χ3v) is 5.07. The highest BCUT2D eigenvalue weighted by Crippen LogP contribution is 2.32. The topological polar surface area (TPSA) is 29.3 Å². The first kappa shape index (κ1) is 15.6. The van der Waals surface area contributed by atoms with Gasteiger partial charge in [0.2, 0.25) is 0 Å². The number of anilines is 1. The second kappa shape index (κ2) is 6.81. The van der Waals surface area contributed by atoms with Crippen molar-refractivity contribution in [3.63, 3.8) is 0 Å². The number of nitrogens with two attached hydrogens (primary N) is 1. The number of rotatable bonds is 4. The minimum Gasteiger partial charge on any atom is -0.369 e. The van der Waals surface area contributed by atoms with Gasteiger partial charge in [-0.1, -0.05) is 26.8 Å². The average Bonchev–Trinajstić information content (AvgIpc) is 2.39. The highest BCUT2D eigenvalue weighted by atomic mass is 32.2. The van der Waals surface area contributed by atoms with E-state index in [1.165, 1.54) is 0 Å². The van der Waals surface area contributed by atoms with Gasteiger partial charge in [0.05, 0.1) is 0 Å². The lowest BCUT2D eigenvalue weighted by atomic mass is 10.0. The van der Waals surface area contributed by atoms with Crippen LogP contribution in [0.15, 0.2) is 18.2 Å². The summed E-state index contributed by atoms with van der Waals surface area (Å²) >= 11 is 2.01. The summed E-state index contributed by atoms with van der Waals surface area (Å²) in [4.78, 5) is 2.33. The van der Waals surface area contributed by atoms with Crippen LogP contribution in [0.5, 0.6) is 0 Å². The molecule has 0 amide bonds. The fourth-order valence-corrected chi connectivity index (χ4v) is 4.15. The lowest BCUT2D eigenvalue weighted by Crippen LogP contribution is -2.41. The number of benzene rings is 1. The number of hydrogen-bond donors (Lipinski definition) is 1. The van der Waals surface area contributed by atoms with Crippen molar-refractivity contribution in [2.75, 3.05) is 18.0 Å². The Balaban J connectivity index is 2.28. The Morgan fingerprint density at radius 3 is 2.60 bits per heavy atom. The molecule has 0 saturated carbocycles. The molecule has 4 heteroatoms. The highest BCUT2D eigenvalue weighted by molar-refractivity contribution is 8.00. The van der Waals surface area contributed by atoms with Gasteiger partial charge in [0.25, 0.3) is 0 Å². The van der Waals surface area contributed by atoms with Crippen molar-refractivity contribution in [3.05, 3.63) is 29.6 Å². The molecule has 0 aliphatic carbocycles. The number of nitrogens with zero attached hydrogens (tertiary/aromatic N) is 1. The molecule has 1 aliphatic rings. The van der Waals surface area contributed by atoms with Crippen molar-refractivity contribution in [1.82, 2.24) is 0 Å². The van der Waals surface area contributed by atoms with Gasteiger partial charge in [0.1, 0.15) is 5.82 Å². The molecule has 2 rings (SSSR count). The fourth-order valence-electron chi connectivity index (χ4n) is 2.83. The van der Waals surface area contributed by atoms with E-state index >= 15 is 0 Å². The summed E-state index contributed by atoms with van der Waals surface area (Å²) in [5.41, 5.74) is 7.86. The molecule has 1 saturated heterocycles. The fraction of sp³-hybridized carbons (Fsp3) is 0.625. The minimum atomic E-state index is -0.120. The first-order chi connectivity index (χ1) is 9.51. The zero-order chi connectivity index (χ0) is 14.7. The number of halogens is 1. The van der Waals surface area contributed by atoms with Gasteiger partial charge in [-0.3, -0.25) is 0 Å². The molecule has 1 heterocycles. The van der Waals surface area contributed by atoms with Crippen LogP contribution in [0.25, 0.3) is 0 Å². The molecule has 3 unspecified atom stereocenters. The monoisotopic (exact) mass is 296 g/mol. The maximum absolute atomic E-state index is 14.2. The van der Waals surface area contributed by atoms with Crippen LogP contribution < -0.4 is 10.6 Å². The molecule has 0 bridgehead atoms. The summed E-state index contributed by atoms with van der Waals surface area (Å²) in [5.74, 6) is -0.120. The largest absolute Gasteiger partial charge is 0.369 e. The van der Waals surface area contributed by atoms with Gasteiger partial charge in [0.15, 0.2) is 0 Å². The smallest absolute Gasteiger partial charge is 0.128 e. The molecule has 2 N–H and O–H groups in total. The van der Waals surface area contributed by atoms with Crippen LogP contribution in [0, 0.1) is 5.82 Å². The summed E-state index contributed by atoms with van der Waals surface area (Å²) in [6, 6.07) is 5.42. The Labute approximate surface area is 125 Å². The predicted octanol–water partition coefficient (Wildman–Crippen LogP) is 3.44. The Bertz CT molecular complexity index is 442. The van der Waals surface area contributed by atoms with Crippen molar-refractivity contribution in [2.24, 2.45) is 5.73 Å². The van der Waals surface area contributed by atoms with Crippen LogP contribution >= 0.6 is 11.8 Å². The predicted molar refractivity (Wildman–Crippen MR) is 87.1 cm³/mol. The zero-order valence-electron chi connectivity index (χ0n) is 12.6. The van der Waals surface area contributed by atoms with E-state index < -0.39 is 0 Å². The van der Waals surface area contributed by atoms with Gasteiger partial charge in [-0.15, -0.1) is 0 Å². The van der Waals surface area contributed by atoms with E-state index in [-0.39, 0.29) is 11.9 Å². The van der Waals surface area contributed by atoms with Gasteiger partial charge >= 0.3 is 0 Å². The van der Waals surface area contributed by atoms with E-state index in [9.17, 15) is 4.39 Å². The van der Waals surface area contributed by atoms with Crippen LogP contribution in [-0.4, -0.2) is 29.6 Å². The lowest BCUT2D eigenvalue weighted by molar-refractivity contribution is 0.575. The van der Waals surface area contributed by atoms with E-state index in [1.807, 2.05) is 30.8 Å². The summed E-state index contributed by atoms with van der Waals surface area (Å²) in [7, 11) is 0. The van der Waals surface area contributed by atoms with Crippen LogP contribution in [0.3, 0.4) is 0 Å². The maximum Gasteiger partial charge on any atom is 0.128 e. The summed E-state index contributed by atoms with van der Waals surface area (Å²) < 4.78 is 14.2. The van der Waals surface area contributed by atoms with Crippen molar-refractivity contribution in [1.29, 1.82) is 0 Å². The van der Waals surface area contributed by atoms with Crippen LogP contribution in [0.2, 0.25) is 0 Å². The molecule has 20 heavy (non-hydrogen) atoms. The molecular formula is C16H25FN2S. The third kappa shape index (κ3) is 3.67. The first-order valence-corrected chi connectivity index (χ1v) is 8.38. The van der Waals surface area contributed by atoms with E-state index in [1.54, 1.807) is 6.07 Å². The third-order valence-electron chi connectivity index (χ3n) is 3.85. The van der Waals surface area contributed by atoms with E-state index in [0.29, 0.717) is 16.9 Å². The Morgan fingerprint density at radius 1 is 1.35 bits per heavy atom. The molecule has 0 radical (unpaired) electrons. The van der Waals surface area contributed by atoms with Crippen molar-refractivity contribution < 1.29 is 4.39 Å². The maximum atomic E-state index is 14.2. The molecule has 3 atom stereocenters. The van der Waals surface area contributed by atoms with Gasteiger partial charge in [0, 0.05) is 40.9 Å². The zero-order valence-corrected chi connectivity index (χ0v) is 13.4. The lowest BCUT2D eigenvalue weighted by Gasteiger charge is -2.37. The quantitative estimate of drug-likeness (QED) is 0.923.